The van der Waals surface area contributed by atoms with Gasteiger partial charge in [-0.1, -0.05) is 12.1 Å². The van der Waals surface area contributed by atoms with Crippen molar-refractivity contribution >= 4 is 28.8 Å². The van der Waals surface area contributed by atoms with Gasteiger partial charge in [-0.2, -0.15) is 0 Å². The van der Waals surface area contributed by atoms with Crippen LogP contribution in [0.25, 0.3) is 11.0 Å². The number of nitrogens with one attached hydrogen (secondary N) is 2. The maximum atomic E-state index is 12.1. The number of carbonyl (C=O) groups is 3. The highest BCUT2D eigenvalue weighted by molar-refractivity contribution is 5.95. The van der Waals surface area contributed by atoms with Gasteiger partial charge in [0.25, 0.3) is 5.91 Å². The van der Waals surface area contributed by atoms with E-state index >= 15 is 0 Å². The molecule has 0 aliphatic carbocycles. The molecule has 1 atom stereocenters. The Morgan fingerprint density at radius 2 is 2.04 bits per heavy atom. The molecule has 1 aromatic heterocycles. The van der Waals surface area contributed by atoms with Crippen LogP contribution in [-0.4, -0.2) is 52.0 Å². The quantitative estimate of drug-likeness (QED) is 0.667. The van der Waals surface area contributed by atoms with E-state index in [-0.39, 0.29) is 11.5 Å². The van der Waals surface area contributed by atoms with Crippen LogP contribution in [0.1, 0.15) is 37.6 Å². The Balaban J connectivity index is 1.87. The van der Waals surface area contributed by atoms with Gasteiger partial charge in [0.2, 0.25) is 5.91 Å². The van der Waals surface area contributed by atoms with E-state index < -0.39 is 24.5 Å². The summed E-state index contributed by atoms with van der Waals surface area (Å²) >= 11 is 0. The molecule has 0 spiro atoms. The van der Waals surface area contributed by atoms with Gasteiger partial charge in [-0.25, -0.2) is 9.48 Å². The monoisotopic (exact) mass is 361 g/mol. The van der Waals surface area contributed by atoms with Gasteiger partial charge in [0.05, 0.1) is 11.1 Å². The number of aromatic nitrogens is 3. The minimum absolute atomic E-state index is 0.280. The van der Waals surface area contributed by atoms with E-state index in [0.29, 0.717) is 18.6 Å². The standard InChI is InChI=1S/C17H23N5O4/c1-4-8-18-16(24)11(3)19-15(23)10-26-17(25)12-6-7-14-13(9-12)20-21-22(14)5-2/h6-7,9,11H,4-5,8,10H2,1-3H3,(H,18,24)(H,19,23)/t11-/m1/s1. The predicted molar refractivity (Wildman–Crippen MR) is 94.4 cm³/mol. The number of fused-ring (bicyclic) bond motifs is 1. The van der Waals surface area contributed by atoms with E-state index in [2.05, 4.69) is 20.9 Å². The van der Waals surface area contributed by atoms with Crippen LogP contribution in [0.3, 0.4) is 0 Å². The van der Waals surface area contributed by atoms with Gasteiger partial charge in [-0.3, -0.25) is 9.59 Å². The van der Waals surface area contributed by atoms with E-state index in [0.717, 1.165) is 11.9 Å². The van der Waals surface area contributed by atoms with Crippen LogP contribution in [0.15, 0.2) is 18.2 Å². The second-order valence-electron chi connectivity index (χ2n) is 5.77. The Kier molecular flexibility index (Phi) is 6.65. The smallest absolute Gasteiger partial charge is 0.338 e. The summed E-state index contributed by atoms with van der Waals surface area (Å²) in [5.74, 6) is -1.47. The second-order valence-corrected chi connectivity index (χ2v) is 5.77. The first-order chi connectivity index (χ1) is 12.5. The van der Waals surface area contributed by atoms with E-state index in [4.69, 9.17) is 4.74 Å². The molecule has 1 aromatic carbocycles. The van der Waals surface area contributed by atoms with Crippen LogP contribution >= 0.6 is 0 Å². The number of aryl methyl sites for hydroxylation is 1. The number of hydrogen-bond acceptors (Lipinski definition) is 6. The molecule has 1 heterocycles. The molecule has 26 heavy (non-hydrogen) atoms. The normalized spacial score (nSPS) is 11.8. The van der Waals surface area contributed by atoms with Crippen LogP contribution in [0, 0.1) is 0 Å². The molecular formula is C17H23N5O4. The highest BCUT2D eigenvalue weighted by atomic mass is 16.5. The highest BCUT2D eigenvalue weighted by Crippen LogP contribution is 2.14. The Labute approximate surface area is 151 Å². The number of amides is 2. The zero-order valence-electron chi connectivity index (χ0n) is 15.1. The van der Waals surface area contributed by atoms with Gasteiger partial charge in [0.1, 0.15) is 11.6 Å². The number of rotatable bonds is 8. The number of nitrogens with zero attached hydrogens (tertiary/aromatic N) is 3. The second kappa shape index (κ2) is 8.93. The predicted octanol–water partition coefficient (Wildman–Crippen LogP) is 0.639. The molecular weight excluding hydrogens is 338 g/mol. The third-order valence-corrected chi connectivity index (χ3v) is 3.70. The first-order valence-electron chi connectivity index (χ1n) is 8.53. The summed E-state index contributed by atoms with van der Waals surface area (Å²) in [4.78, 5) is 35.6. The van der Waals surface area contributed by atoms with Crippen LogP contribution in [0.5, 0.6) is 0 Å². The molecule has 2 aromatic rings. The van der Waals surface area contributed by atoms with E-state index in [1.54, 1.807) is 29.8 Å². The van der Waals surface area contributed by atoms with Crippen molar-refractivity contribution in [3.63, 3.8) is 0 Å². The fourth-order valence-electron chi connectivity index (χ4n) is 2.30. The van der Waals surface area contributed by atoms with Gasteiger partial charge in [0.15, 0.2) is 6.61 Å². The largest absolute Gasteiger partial charge is 0.452 e. The molecule has 0 saturated heterocycles. The Morgan fingerprint density at radius 1 is 1.27 bits per heavy atom. The SMILES string of the molecule is CCCNC(=O)[C@@H](C)NC(=O)COC(=O)c1ccc2c(c1)nnn2CC. The maximum Gasteiger partial charge on any atom is 0.338 e. The molecule has 9 nitrogen and oxygen atoms in total. The van der Waals surface area contributed by atoms with Crippen molar-refractivity contribution in [1.29, 1.82) is 0 Å². The summed E-state index contributed by atoms with van der Waals surface area (Å²) in [5.41, 5.74) is 1.67. The lowest BCUT2D eigenvalue weighted by molar-refractivity contribution is -0.130. The van der Waals surface area contributed by atoms with E-state index in [9.17, 15) is 14.4 Å². The van der Waals surface area contributed by atoms with Gasteiger partial charge >= 0.3 is 5.97 Å². The van der Waals surface area contributed by atoms with Gasteiger partial charge < -0.3 is 15.4 Å². The molecule has 0 saturated carbocycles. The fraction of sp³-hybridized carbons (Fsp3) is 0.471. The first kappa shape index (κ1) is 19.4. The molecule has 140 valence electrons. The third kappa shape index (κ3) is 4.78. The average Bonchev–Trinajstić information content (AvgIpc) is 3.06. The Bertz CT molecular complexity index is 802. The van der Waals surface area contributed by atoms with Crippen molar-refractivity contribution in [2.45, 2.75) is 39.8 Å². The van der Waals surface area contributed by atoms with Crippen molar-refractivity contribution in [3.05, 3.63) is 23.8 Å². The first-order valence-corrected chi connectivity index (χ1v) is 8.53. The summed E-state index contributed by atoms with van der Waals surface area (Å²) in [5, 5.41) is 13.1. The number of benzene rings is 1. The van der Waals surface area contributed by atoms with Crippen molar-refractivity contribution in [2.75, 3.05) is 13.2 Å². The van der Waals surface area contributed by atoms with Crippen molar-refractivity contribution in [1.82, 2.24) is 25.6 Å². The van der Waals surface area contributed by atoms with E-state index in [1.807, 2.05) is 13.8 Å². The van der Waals surface area contributed by atoms with Gasteiger partial charge in [-0.05, 0) is 38.5 Å². The molecule has 2 N–H and O–H groups in total. The minimum atomic E-state index is -0.701. The molecule has 0 fully saturated rings. The van der Waals surface area contributed by atoms with Gasteiger partial charge in [-0.15, -0.1) is 5.10 Å². The zero-order valence-corrected chi connectivity index (χ0v) is 15.1. The highest BCUT2D eigenvalue weighted by Gasteiger charge is 2.17. The molecule has 0 aliphatic rings. The summed E-state index contributed by atoms with van der Waals surface area (Å²) in [6.07, 6.45) is 0.806. The average molecular weight is 361 g/mol. The fourth-order valence-corrected chi connectivity index (χ4v) is 2.30. The number of hydrogen-bond donors (Lipinski definition) is 2. The minimum Gasteiger partial charge on any atom is -0.452 e. The summed E-state index contributed by atoms with van der Waals surface area (Å²) in [6.45, 7) is 6.19. The molecule has 2 amide bonds. The number of esters is 1. The lowest BCUT2D eigenvalue weighted by atomic mass is 10.2. The van der Waals surface area contributed by atoms with Crippen molar-refractivity contribution in [3.8, 4) is 0 Å². The molecule has 0 unspecified atom stereocenters. The zero-order chi connectivity index (χ0) is 19.1. The molecule has 9 heteroatoms. The summed E-state index contributed by atoms with van der Waals surface area (Å²) in [6, 6.07) is 4.19. The number of ether oxygens (including phenoxy) is 1. The van der Waals surface area contributed by atoms with Crippen molar-refractivity contribution < 1.29 is 19.1 Å². The molecule has 0 bridgehead atoms. The molecule has 0 radical (unpaired) electrons. The van der Waals surface area contributed by atoms with Crippen LogP contribution in [0.4, 0.5) is 0 Å². The van der Waals surface area contributed by atoms with E-state index in [1.165, 1.54) is 0 Å². The Hall–Kier alpha value is -2.97. The topological polar surface area (TPSA) is 115 Å². The molecule has 2 rings (SSSR count). The molecule has 0 aliphatic heterocycles. The summed E-state index contributed by atoms with van der Waals surface area (Å²) < 4.78 is 6.71. The summed E-state index contributed by atoms with van der Waals surface area (Å²) in [7, 11) is 0. The van der Waals surface area contributed by atoms with Crippen LogP contribution in [0.2, 0.25) is 0 Å². The van der Waals surface area contributed by atoms with Crippen LogP contribution in [-0.2, 0) is 20.9 Å². The van der Waals surface area contributed by atoms with Gasteiger partial charge in [0, 0.05) is 13.1 Å². The number of carbonyl (C=O) groups excluding carboxylic acids is 3. The van der Waals surface area contributed by atoms with Crippen LogP contribution < -0.4 is 10.6 Å². The Morgan fingerprint density at radius 3 is 2.73 bits per heavy atom. The lowest BCUT2D eigenvalue weighted by Crippen LogP contribution is -2.46. The third-order valence-electron chi connectivity index (χ3n) is 3.70. The maximum absolute atomic E-state index is 12.1. The lowest BCUT2D eigenvalue weighted by Gasteiger charge is -2.13. The van der Waals surface area contributed by atoms with Crippen molar-refractivity contribution in [2.24, 2.45) is 0 Å².